The minimum atomic E-state index is -0.447. The van der Waals surface area contributed by atoms with Gasteiger partial charge in [-0.3, -0.25) is 14.5 Å². The molecule has 0 saturated carbocycles. The second kappa shape index (κ2) is 8.54. The van der Waals surface area contributed by atoms with E-state index in [2.05, 4.69) is 22.2 Å². The second-order valence-corrected chi connectivity index (χ2v) is 7.42. The van der Waals surface area contributed by atoms with E-state index in [1.165, 1.54) is 0 Å². The first-order valence-electron chi connectivity index (χ1n) is 10.2. The van der Waals surface area contributed by atoms with Gasteiger partial charge in [0.2, 0.25) is 0 Å². The van der Waals surface area contributed by atoms with Gasteiger partial charge in [0, 0.05) is 42.8 Å². The first kappa shape index (κ1) is 19.9. The number of para-hydroxylation sites is 1. The summed E-state index contributed by atoms with van der Waals surface area (Å²) in [6.45, 7) is 6.28. The van der Waals surface area contributed by atoms with Crippen LogP contribution in [0.5, 0.6) is 0 Å². The van der Waals surface area contributed by atoms with Gasteiger partial charge in [0.25, 0.3) is 11.8 Å². The molecule has 30 heavy (non-hydrogen) atoms. The Hall–Kier alpha value is -3.39. The summed E-state index contributed by atoms with van der Waals surface area (Å²) in [5.74, 6) is -0.523. The van der Waals surface area contributed by atoms with Gasteiger partial charge in [0.15, 0.2) is 5.69 Å². The highest BCUT2D eigenvalue weighted by molar-refractivity contribution is 6.12. The lowest BCUT2D eigenvalue weighted by atomic mass is 10.1. The average Bonchev–Trinajstić information content (AvgIpc) is 3.11. The Kier molecular flexibility index (Phi) is 5.67. The zero-order valence-corrected chi connectivity index (χ0v) is 16.9. The third-order valence-corrected chi connectivity index (χ3v) is 5.35. The number of aromatic nitrogens is 2. The smallest absolute Gasteiger partial charge is 0.276 e. The maximum atomic E-state index is 13.0. The Balaban J connectivity index is 1.57. The lowest BCUT2D eigenvalue weighted by Crippen LogP contribution is -2.48. The monoisotopic (exact) mass is 407 g/mol. The van der Waals surface area contributed by atoms with Gasteiger partial charge in [-0.05, 0) is 43.3 Å². The SMILES string of the molecule is CCCN1CCN(C(=O)c2ccc3c(c2)c(C(=O)Nc2ccccc2)nn3O)CC1. The van der Waals surface area contributed by atoms with Gasteiger partial charge >= 0.3 is 0 Å². The lowest BCUT2D eigenvalue weighted by molar-refractivity contribution is 0.0637. The van der Waals surface area contributed by atoms with Crippen LogP contribution in [0.25, 0.3) is 10.9 Å². The third kappa shape index (κ3) is 3.99. The van der Waals surface area contributed by atoms with Crippen molar-refractivity contribution in [2.75, 3.05) is 38.0 Å². The molecule has 1 saturated heterocycles. The van der Waals surface area contributed by atoms with Crippen molar-refractivity contribution in [3.8, 4) is 0 Å². The highest BCUT2D eigenvalue weighted by Crippen LogP contribution is 2.22. The van der Waals surface area contributed by atoms with Gasteiger partial charge in [0.05, 0.1) is 0 Å². The quantitative estimate of drug-likeness (QED) is 0.635. The molecule has 8 heteroatoms. The topological polar surface area (TPSA) is 90.7 Å². The minimum Gasteiger partial charge on any atom is -0.411 e. The van der Waals surface area contributed by atoms with E-state index in [0.29, 0.717) is 40.1 Å². The van der Waals surface area contributed by atoms with E-state index in [0.717, 1.165) is 26.1 Å². The first-order chi connectivity index (χ1) is 14.6. The molecule has 1 aromatic heterocycles. The van der Waals surface area contributed by atoms with Crippen molar-refractivity contribution in [3.05, 3.63) is 59.8 Å². The van der Waals surface area contributed by atoms with Crippen LogP contribution >= 0.6 is 0 Å². The van der Waals surface area contributed by atoms with Crippen LogP contribution in [0.1, 0.15) is 34.2 Å². The van der Waals surface area contributed by atoms with Crippen molar-refractivity contribution in [2.45, 2.75) is 13.3 Å². The van der Waals surface area contributed by atoms with E-state index in [4.69, 9.17) is 0 Å². The molecule has 2 aromatic carbocycles. The third-order valence-electron chi connectivity index (χ3n) is 5.35. The molecular weight excluding hydrogens is 382 g/mol. The van der Waals surface area contributed by atoms with Crippen LogP contribution < -0.4 is 5.32 Å². The van der Waals surface area contributed by atoms with Crippen molar-refractivity contribution in [3.63, 3.8) is 0 Å². The van der Waals surface area contributed by atoms with Gasteiger partial charge in [-0.25, -0.2) is 0 Å². The maximum Gasteiger partial charge on any atom is 0.276 e. The number of rotatable bonds is 5. The summed E-state index contributed by atoms with van der Waals surface area (Å²) in [7, 11) is 0. The van der Waals surface area contributed by atoms with Gasteiger partial charge in [-0.1, -0.05) is 25.1 Å². The molecule has 8 nitrogen and oxygen atoms in total. The molecule has 1 fully saturated rings. The number of fused-ring (bicyclic) bond motifs is 1. The Morgan fingerprint density at radius 3 is 2.50 bits per heavy atom. The molecule has 3 aromatic rings. The van der Waals surface area contributed by atoms with E-state index >= 15 is 0 Å². The number of nitrogens with one attached hydrogen (secondary N) is 1. The van der Waals surface area contributed by atoms with E-state index in [-0.39, 0.29) is 11.6 Å². The molecule has 4 rings (SSSR count). The second-order valence-electron chi connectivity index (χ2n) is 7.42. The van der Waals surface area contributed by atoms with Crippen molar-refractivity contribution in [1.82, 2.24) is 19.7 Å². The van der Waals surface area contributed by atoms with Crippen LogP contribution in [0.3, 0.4) is 0 Å². The van der Waals surface area contributed by atoms with Crippen molar-refractivity contribution in [1.29, 1.82) is 0 Å². The van der Waals surface area contributed by atoms with Gasteiger partial charge < -0.3 is 15.4 Å². The summed E-state index contributed by atoms with van der Waals surface area (Å²) in [6.07, 6.45) is 1.10. The number of carbonyl (C=O) groups is 2. The Morgan fingerprint density at radius 1 is 1.07 bits per heavy atom. The summed E-state index contributed by atoms with van der Waals surface area (Å²) >= 11 is 0. The molecule has 0 bridgehead atoms. The zero-order valence-electron chi connectivity index (χ0n) is 16.9. The number of hydrogen-bond acceptors (Lipinski definition) is 5. The molecule has 0 aliphatic carbocycles. The highest BCUT2D eigenvalue weighted by Gasteiger charge is 2.24. The summed E-state index contributed by atoms with van der Waals surface area (Å²) in [5, 5.41) is 17.2. The fourth-order valence-corrected chi connectivity index (χ4v) is 3.79. The van der Waals surface area contributed by atoms with Crippen molar-refractivity contribution < 1.29 is 14.8 Å². The highest BCUT2D eigenvalue weighted by atomic mass is 16.5. The van der Waals surface area contributed by atoms with Crippen LogP contribution in [-0.2, 0) is 0 Å². The molecule has 1 aliphatic heterocycles. The van der Waals surface area contributed by atoms with E-state index in [1.807, 2.05) is 23.1 Å². The van der Waals surface area contributed by atoms with Crippen LogP contribution in [0.2, 0.25) is 0 Å². The van der Waals surface area contributed by atoms with Crippen LogP contribution in [0.15, 0.2) is 48.5 Å². The standard InChI is InChI=1S/C22H25N5O3/c1-2-10-25-11-13-26(14-12-25)22(29)16-8-9-19-18(15-16)20(24-27(19)30)21(28)23-17-6-4-3-5-7-17/h3-9,15,30H,2,10-14H2,1H3,(H,23,28). The van der Waals surface area contributed by atoms with E-state index < -0.39 is 5.91 Å². The molecule has 2 heterocycles. The molecule has 0 atom stereocenters. The number of hydrogen-bond donors (Lipinski definition) is 2. The number of carbonyl (C=O) groups excluding carboxylic acids is 2. The molecule has 1 aliphatic rings. The molecule has 0 unspecified atom stereocenters. The summed E-state index contributed by atoms with van der Waals surface area (Å²) in [4.78, 5) is 30.6. The number of nitrogens with zero attached hydrogens (tertiary/aromatic N) is 4. The molecule has 0 spiro atoms. The van der Waals surface area contributed by atoms with E-state index in [9.17, 15) is 14.8 Å². The number of amides is 2. The van der Waals surface area contributed by atoms with Crippen LogP contribution in [-0.4, -0.2) is 69.5 Å². The number of anilines is 1. The Bertz CT molecular complexity index is 1060. The largest absolute Gasteiger partial charge is 0.411 e. The summed E-state index contributed by atoms with van der Waals surface area (Å²) in [5.41, 5.74) is 1.55. The zero-order chi connectivity index (χ0) is 21.1. The Labute approximate surface area is 174 Å². The van der Waals surface area contributed by atoms with E-state index in [1.54, 1.807) is 30.3 Å². The fraction of sp³-hybridized carbons (Fsp3) is 0.318. The molecular formula is C22H25N5O3. The summed E-state index contributed by atoms with van der Waals surface area (Å²) in [6, 6.07) is 13.9. The summed E-state index contributed by atoms with van der Waals surface area (Å²) < 4.78 is 0. The van der Waals surface area contributed by atoms with Gasteiger partial charge in [-0.2, -0.15) is 0 Å². The fourth-order valence-electron chi connectivity index (χ4n) is 3.79. The minimum absolute atomic E-state index is 0.0683. The molecule has 2 amide bonds. The van der Waals surface area contributed by atoms with Crippen LogP contribution in [0, 0.1) is 0 Å². The predicted molar refractivity (Wildman–Crippen MR) is 114 cm³/mol. The predicted octanol–water partition coefficient (Wildman–Crippen LogP) is 2.69. The maximum absolute atomic E-state index is 13.0. The van der Waals surface area contributed by atoms with Crippen molar-refractivity contribution >= 4 is 28.4 Å². The van der Waals surface area contributed by atoms with Gasteiger partial charge in [-0.15, -0.1) is 9.94 Å². The van der Waals surface area contributed by atoms with Crippen LogP contribution in [0.4, 0.5) is 5.69 Å². The molecule has 156 valence electrons. The first-order valence-corrected chi connectivity index (χ1v) is 10.2. The average molecular weight is 407 g/mol. The number of piperazine rings is 1. The van der Waals surface area contributed by atoms with Gasteiger partial charge in [0.1, 0.15) is 5.52 Å². The Morgan fingerprint density at radius 2 is 1.80 bits per heavy atom. The molecule has 2 N–H and O–H groups in total. The lowest BCUT2D eigenvalue weighted by Gasteiger charge is -2.34. The number of benzene rings is 2. The normalized spacial score (nSPS) is 14.8. The molecule has 0 radical (unpaired) electrons. The van der Waals surface area contributed by atoms with Crippen molar-refractivity contribution in [2.24, 2.45) is 0 Å².